The second-order valence-electron chi connectivity index (χ2n) is 13.2. The molecule has 190 valence electrons. The Balaban J connectivity index is 1.19. The first kappa shape index (κ1) is 23.0. The van der Waals surface area contributed by atoms with Gasteiger partial charge in [-0.2, -0.15) is 0 Å². The smallest absolute Gasteiger partial charge is 0.343 e. The molecule has 1 N–H and O–H groups in total. The van der Waals surface area contributed by atoms with E-state index in [1.54, 1.807) is 12.1 Å². The maximum Gasteiger partial charge on any atom is 0.343 e. The highest BCUT2D eigenvalue weighted by Gasteiger charge is 2.69. The van der Waals surface area contributed by atoms with Crippen molar-refractivity contribution in [3.63, 3.8) is 0 Å². The van der Waals surface area contributed by atoms with Crippen molar-refractivity contribution in [3.05, 3.63) is 65.2 Å². The number of carbonyl (C=O) groups excluding carboxylic acids is 1. The lowest BCUT2D eigenvalue weighted by atomic mass is 9.49. The van der Waals surface area contributed by atoms with Crippen molar-refractivity contribution in [2.75, 3.05) is 0 Å². The second kappa shape index (κ2) is 8.18. The molecular weight excluding hydrogens is 444 g/mol. The summed E-state index contributed by atoms with van der Waals surface area (Å²) in [7, 11) is 0. The van der Waals surface area contributed by atoms with Crippen LogP contribution in [0.3, 0.4) is 0 Å². The Hall–Kier alpha value is -2.13. The maximum absolute atomic E-state index is 12.7. The van der Waals surface area contributed by atoms with Gasteiger partial charge in [0.1, 0.15) is 5.75 Å². The monoisotopic (exact) mass is 484 g/mol. The molecule has 0 aromatic heterocycles. The molecule has 0 spiro atoms. The summed E-state index contributed by atoms with van der Waals surface area (Å²) < 4.78 is 5.80. The fourth-order valence-electron chi connectivity index (χ4n) is 9.79. The lowest BCUT2D eigenvalue weighted by Crippen LogP contribution is -2.55. The van der Waals surface area contributed by atoms with E-state index in [9.17, 15) is 9.90 Å². The van der Waals surface area contributed by atoms with E-state index in [1.165, 1.54) is 49.7 Å². The van der Waals surface area contributed by atoms with Crippen molar-refractivity contribution < 1.29 is 14.6 Å². The van der Waals surface area contributed by atoms with E-state index in [0.29, 0.717) is 40.9 Å². The lowest BCUT2D eigenvalue weighted by Gasteiger charge is -2.56. The van der Waals surface area contributed by atoms with Crippen molar-refractivity contribution >= 4 is 5.97 Å². The van der Waals surface area contributed by atoms with E-state index in [0.717, 1.165) is 31.1 Å². The van der Waals surface area contributed by atoms with E-state index in [2.05, 4.69) is 26.0 Å². The Morgan fingerprint density at radius 1 is 1.08 bits per heavy atom. The van der Waals surface area contributed by atoms with E-state index in [-0.39, 0.29) is 11.4 Å². The Morgan fingerprint density at radius 2 is 1.92 bits per heavy atom. The molecule has 36 heavy (non-hydrogen) atoms. The highest BCUT2D eigenvalue weighted by molar-refractivity contribution is 5.91. The molecular formula is C33H40O3. The van der Waals surface area contributed by atoms with Crippen LogP contribution in [-0.2, 0) is 6.42 Å². The minimum absolute atomic E-state index is 0.0705. The third-order valence-electron chi connectivity index (χ3n) is 11.6. The molecule has 2 aromatic carbocycles. The van der Waals surface area contributed by atoms with Crippen LogP contribution in [0.25, 0.3) is 0 Å². The van der Waals surface area contributed by atoms with Gasteiger partial charge < -0.3 is 9.84 Å². The predicted molar refractivity (Wildman–Crippen MR) is 141 cm³/mol. The molecule has 0 amide bonds. The van der Waals surface area contributed by atoms with E-state index >= 15 is 0 Å². The zero-order valence-corrected chi connectivity index (χ0v) is 21.8. The van der Waals surface area contributed by atoms with Gasteiger partial charge in [0.15, 0.2) is 0 Å². The molecule has 5 aliphatic carbocycles. The van der Waals surface area contributed by atoms with Crippen LogP contribution in [0.2, 0.25) is 0 Å². The molecule has 9 atom stereocenters. The Morgan fingerprint density at radius 3 is 2.72 bits per heavy atom. The molecule has 5 aliphatic rings. The molecule has 0 saturated heterocycles. The Bertz CT molecular complexity index is 1170. The van der Waals surface area contributed by atoms with Crippen LogP contribution in [0, 0.1) is 40.9 Å². The van der Waals surface area contributed by atoms with Gasteiger partial charge >= 0.3 is 5.97 Å². The van der Waals surface area contributed by atoms with Crippen LogP contribution >= 0.6 is 0 Å². The topological polar surface area (TPSA) is 46.5 Å². The number of hydrogen-bond donors (Lipinski definition) is 1. The number of carbonyl (C=O) groups is 1. The zero-order chi connectivity index (χ0) is 24.7. The summed E-state index contributed by atoms with van der Waals surface area (Å²) in [6.07, 6.45) is 10.8. The summed E-state index contributed by atoms with van der Waals surface area (Å²) >= 11 is 0. The average Bonchev–Trinajstić information content (AvgIpc) is 3.58. The van der Waals surface area contributed by atoms with Crippen molar-refractivity contribution in [2.45, 2.75) is 83.2 Å². The molecule has 4 saturated carbocycles. The van der Waals surface area contributed by atoms with Crippen LogP contribution in [0.5, 0.6) is 5.75 Å². The molecule has 4 fully saturated rings. The number of hydrogen-bond acceptors (Lipinski definition) is 3. The van der Waals surface area contributed by atoms with Crippen molar-refractivity contribution in [1.82, 2.24) is 0 Å². The van der Waals surface area contributed by atoms with Crippen molar-refractivity contribution in [2.24, 2.45) is 40.9 Å². The van der Waals surface area contributed by atoms with Crippen molar-refractivity contribution in [3.8, 4) is 5.75 Å². The number of rotatable bonds is 4. The Kier molecular flexibility index (Phi) is 5.23. The minimum Gasteiger partial charge on any atom is -0.423 e. The fourth-order valence-corrected chi connectivity index (χ4v) is 9.79. The average molecular weight is 485 g/mol. The highest BCUT2D eigenvalue weighted by Crippen LogP contribution is 2.72. The largest absolute Gasteiger partial charge is 0.423 e. The van der Waals surface area contributed by atoms with Gasteiger partial charge in [-0.05, 0) is 127 Å². The SMILES string of the molecule is CCC[C@@H]1Cc2cc(OC(=O)c3ccccc3)ccc2C2CC[C@@]3(C)C(C[C@H]4C[C@@H]5C[C@@H]5C[C@]43O)C21. The van der Waals surface area contributed by atoms with Gasteiger partial charge in [0.25, 0.3) is 0 Å². The summed E-state index contributed by atoms with van der Waals surface area (Å²) in [5.41, 5.74) is 3.09. The zero-order valence-electron chi connectivity index (χ0n) is 21.8. The minimum atomic E-state index is -0.438. The summed E-state index contributed by atoms with van der Waals surface area (Å²) in [6, 6.07) is 15.7. The first-order valence-electron chi connectivity index (χ1n) is 14.5. The highest BCUT2D eigenvalue weighted by atomic mass is 16.5. The van der Waals surface area contributed by atoms with Gasteiger partial charge in [0.2, 0.25) is 0 Å². The number of aliphatic hydroxyl groups is 1. The second-order valence-corrected chi connectivity index (χ2v) is 13.2. The normalized spacial score (nSPS) is 41.8. The molecule has 0 heterocycles. The first-order chi connectivity index (χ1) is 17.4. The number of esters is 1. The van der Waals surface area contributed by atoms with Gasteiger partial charge in [-0.15, -0.1) is 0 Å². The standard InChI is InChI=1S/C33H40O3/c1-3-7-21-14-23-17-26(36-31(34)20-8-5-4-6-9-20)10-11-27(23)28-12-13-32(2)29(30(21)28)18-25-16-22-15-24(22)19-33(25,32)35/h4-6,8-11,17,21-22,24-25,28-30,35H,3,7,12-16,18-19H2,1-2H3/t21-,22+,24-,25-,28?,29?,30?,32+,33+/m1/s1. The van der Waals surface area contributed by atoms with E-state index < -0.39 is 5.60 Å². The maximum atomic E-state index is 12.7. The summed E-state index contributed by atoms with van der Waals surface area (Å²) in [5, 5.41) is 12.2. The van der Waals surface area contributed by atoms with Crippen molar-refractivity contribution in [1.29, 1.82) is 0 Å². The van der Waals surface area contributed by atoms with Gasteiger partial charge in [-0.1, -0.05) is 51.0 Å². The van der Waals surface area contributed by atoms with E-state index in [4.69, 9.17) is 4.74 Å². The Labute approximate surface area is 215 Å². The van der Waals surface area contributed by atoms with Crippen LogP contribution in [-0.4, -0.2) is 16.7 Å². The molecule has 3 heteroatoms. The van der Waals surface area contributed by atoms with Crippen LogP contribution in [0.1, 0.15) is 92.6 Å². The molecule has 3 unspecified atom stereocenters. The van der Waals surface area contributed by atoms with Gasteiger partial charge in [0.05, 0.1) is 11.2 Å². The quantitative estimate of drug-likeness (QED) is 0.369. The van der Waals surface area contributed by atoms with Crippen LogP contribution in [0.4, 0.5) is 0 Å². The summed E-state index contributed by atoms with van der Waals surface area (Å²) in [6.45, 7) is 4.79. The first-order valence-corrected chi connectivity index (χ1v) is 14.5. The summed E-state index contributed by atoms with van der Waals surface area (Å²) in [4.78, 5) is 12.7. The van der Waals surface area contributed by atoms with Gasteiger partial charge in [0, 0.05) is 0 Å². The third-order valence-corrected chi connectivity index (χ3v) is 11.6. The third kappa shape index (κ3) is 3.30. The summed E-state index contributed by atoms with van der Waals surface area (Å²) in [5.74, 6) is 5.11. The molecule has 7 rings (SSSR count). The molecule has 3 nitrogen and oxygen atoms in total. The lowest BCUT2D eigenvalue weighted by molar-refractivity contribution is -0.142. The number of fused-ring (bicyclic) bond motifs is 8. The number of benzene rings is 2. The van der Waals surface area contributed by atoms with Crippen LogP contribution in [0.15, 0.2) is 48.5 Å². The van der Waals surface area contributed by atoms with E-state index in [1.807, 2.05) is 24.3 Å². The van der Waals surface area contributed by atoms with Gasteiger partial charge in [-0.25, -0.2) is 4.79 Å². The number of ether oxygens (including phenoxy) is 1. The van der Waals surface area contributed by atoms with Crippen LogP contribution < -0.4 is 4.74 Å². The van der Waals surface area contributed by atoms with Gasteiger partial charge in [-0.3, -0.25) is 0 Å². The molecule has 0 aliphatic heterocycles. The predicted octanol–water partition coefficient (Wildman–Crippen LogP) is 7.18. The fraction of sp³-hybridized carbons (Fsp3) is 0.606. The molecule has 0 radical (unpaired) electrons. The molecule has 0 bridgehead atoms. The molecule has 2 aromatic rings.